The van der Waals surface area contributed by atoms with E-state index in [-0.39, 0.29) is 11.7 Å². The third-order valence-electron chi connectivity index (χ3n) is 2.48. The number of rotatable bonds is 6. The van der Waals surface area contributed by atoms with E-state index in [4.69, 9.17) is 10.9 Å². The first kappa shape index (κ1) is 13.7. The van der Waals surface area contributed by atoms with Crippen LogP contribution in [0.15, 0.2) is 5.16 Å². The molecule has 88 valence electrons. The van der Waals surface area contributed by atoms with Crippen LogP contribution in [0.4, 0.5) is 0 Å². The van der Waals surface area contributed by atoms with Crippen molar-refractivity contribution in [2.24, 2.45) is 16.8 Å². The molecule has 1 amide bonds. The Morgan fingerprint density at radius 2 is 2.20 bits per heavy atom. The molecular formula is C10H21N3O2. The monoisotopic (exact) mass is 215 g/mol. The summed E-state index contributed by atoms with van der Waals surface area (Å²) in [5.74, 6) is 0.664. The fourth-order valence-corrected chi connectivity index (χ4v) is 1.06. The summed E-state index contributed by atoms with van der Waals surface area (Å²) in [7, 11) is 1.73. The van der Waals surface area contributed by atoms with Crippen molar-refractivity contribution in [3.05, 3.63) is 0 Å². The van der Waals surface area contributed by atoms with E-state index in [0.29, 0.717) is 25.3 Å². The molecule has 5 heteroatoms. The molecule has 0 aliphatic rings. The predicted molar refractivity (Wildman–Crippen MR) is 59.7 cm³/mol. The van der Waals surface area contributed by atoms with Crippen LogP contribution < -0.4 is 5.73 Å². The third kappa shape index (κ3) is 5.93. The molecule has 0 aliphatic carbocycles. The molecule has 0 saturated heterocycles. The van der Waals surface area contributed by atoms with Crippen molar-refractivity contribution >= 4 is 11.7 Å². The number of hydrogen-bond acceptors (Lipinski definition) is 3. The molecule has 0 heterocycles. The van der Waals surface area contributed by atoms with Crippen molar-refractivity contribution in [3.8, 4) is 0 Å². The summed E-state index contributed by atoms with van der Waals surface area (Å²) in [6, 6.07) is 0. The van der Waals surface area contributed by atoms with Gasteiger partial charge in [0.05, 0.1) is 0 Å². The summed E-state index contributed by atoms with van der Waals surface area (Å²) in [5.41, 5.74) is 5.31. The second-order valence-electron chi connectivity index (χ2n) is 3.87. The Bertz CT molecular complexity index is 229. The molecule has 0 aromatic heterocycles. The van der Waals surface area contributed by atoms with E-state index >= 15 is 0 Å². The molecule has 3 N–H and O–H groups in total. The highest BCUT2D eigenvalue weighted by atomic mass is 16.4. The van der Waals surface area contributed by atoms with Gasteiger partial charge in [0.1, 0.15) is 5.84 Å². The number of nitrogens with zero attached hydrogens (tertiary/aromatic N) is 2. The second kappa shape index (κ2) is 7.09. The first-order valence-corrected chi connectivity index (χ1v) is 5.21. The van der Waals surface area contributed by atoms with E-state index in [2.05, 4.69) is 19.0 Å². The topological polar surface area (TPSA) is 78.9 Å². The van der Waals surface area contributed by atoms with Crippen LogP contribution in [-0.2, 0) is 4.79 Å². The minimum absolute atomic E-state index is 0.107. The average molecular weight is 215 g/mol. The first-order valence-electron chi connectivity index (χ1n) is 5.21. The molecular weight excluding hydrogens is 194 g/mol. The van der Waals surface area contributed by atoms with Gasteiger partial charge in [-0.25, -0.2) is 0 Å². The Morgan fingerprint density at radius 1 is 1.60 bits per heavy atom. The molecule has 0 spiro atoms. The lowest BCUT2D eigenvalue weighted by molar-refractivity contribution is -0.130. The smallest absolute Gasteiger partial charge is 0.222 e. The highest BCUT2D eigenvalue weighted by Gasteiger charge is 2.12. The molecule has 0 fully saturated rings. The number of hydrogen-bond donors (Lipinski definition) is 2. The summed E-state index contributed by atoms with van der Waals surface area (Å²) in [6.07, 6.45) is 1.96. The van der Waals surface area contributed by atoms with Crippen molar-refractivity contribution in [2.75, 3.05) is 13.6 Å². The van der Waals surface area contributed by atoms with Crippen molar-refractivity contribution in [1.82, 2.24) is 4.90 Å². The van der Waals surface area contributed by atoms with Gasteiger partial charge in [-0.2, -0.15) is 0 Å². The zero-order valence-corrected chi connectivity index (χ0v) is 9.73. The van der Waals surface area contributed by atoms with Crippen LogP contribution in [0.1, 0.15) is 33.1 Å². The number of amides is 1. The van der Waals surface area contributed by atoms with Gasteiger partial charge in [-0.05, 0) is 5.92 Å². The summed E-state index contributed by atoms with van der Waals surface area (Å²) in [4.78, 5) is 13.2. The van der Waals surface area contributed by atoms with Crippen LogP contribution in [0.3, 0.4) is 0 Å². The highest BCUT2D eigenvalue weighted by molar-refractivity contribution is 5.81. The predicted octanol–water partition coefficient (Wildman–Crippen LogP) is 1.02. The Kier molecular flexibility index (Phi) is 6.49. The summed E-state index contributed by atoms with van der Waals surface area (Å²) < 4.78 is 0. The number of nitrogens with two attached hydrogens (primary N) is 1. The van der Waals surface area contributed by atoms with Crippen LogP contribution in [0.25, 0.3) is 0 Å². The molecule has 1 unspecified atom stereocenters. The van der Waals surface area contributed by atoms with Gasteiger partial charge >= 0.3 is 0 Å². The summed E-state index contributed by atoms with van der Waals surface area (Å²) >= 11 is 0. The largest absolute Gasteiger partial charge is 0.409 e. The van der Waals surface area contributed by atoms with Crippen LogP contribution in [-0.4, -0.2) is 35.4 Å². The zero-order chi connectivity index (χ0) is 11.8. The van der Waals surface area contributed by atoms with Crippen molar-refractivity contribution in [3.63, 3.8) is 0 Å². The minimum Gasteiger partial charge on any atom is -0.409 e. The number of oxime groups is 1. The minimum atomic E-state index is 0.107. The molecule has 15 heavy (non-hydrogen) atoms. The summed E-state index contributed by atoms with van der Waals surface area (Å²) in [6.45, 7) is 4.61. The lowest BCUT2D eigenvalue weighted by atomic mass is 10.0. The fraction of sp³-hybridized carbons (Fsp3) is 0.800. The van der Waals surface area contributed by atoms with E-state index in [0.717, 1.165) is 6.42 Å². The molecule has 0 rings (SSSR count). The molecule has 1 atom stereocenters. The van der Waals surface area contributed by atoms with E-state index < -0.39 is 0 Å². The average Bonchev–Trinajstić information content (AvgIpc) is 2.24. The maximum Gasteiger partial charge on any atom is 0.222 e. The quantitative estimate of drug-likeness (QED) is 0.300. The summed E-state index contributed by atoms with van der Waals surface area (Å²) in [5, 5.41) is 11.2. The molecule has 0 radical (unpaired) electrons. The third-order valence-corrected chi connectivity index (χ3v) is 2.48. The van der Waals surface area contributed by atoms with Gasteiger partial charge < -0.3 is 15.8 Å². The van der Waals surface area contributed by atoms with Gasteiger partial charge in [0.2, 0.25) is 5.91 Å². The highest BCUT2D eigenvalue weighted by Crippen LogP contribution is 2.08. The Morgan fingerprint density at radius 3 is 2.67 bits per heavy atom. The lowest BCUT2D eigenvalue weighted by Crippen LogP contribution is -2.31. The SMILES string of the molecule is CCC(C)CC(=O)N(C)CCC(N)=NO. The maximum absolute atomic E-state index is 11.6. The van der Waals surface area contributed by atoms with Crippen LogP contribution in [0.2, 0.25) is 0 Å². The number of carbonyl (C=O) groups is 1. The van der Waals surface area contributed by atoms with Gasteiger partial charge in [0.25, 0.3) is 0 Å². The van der Waals surface area contributed by atoms with Gasteiger partial charge in [0.15, 0.2) is 0 Å². The molecule has 0 aromatic rings. The van der Waals surface area contributed by atoms with Gasteiger partial charge in [0, 0.05) is 26.4 Å². The Balaban J connectivity index is 3.89. The Labute approximate surface area is 90.9 Å². The maximum atomic E-state index is 11.6. The van der Waals surface area contributed by atoms with Crippen LogP contribution in [0.5, 0.6) is 0 Å². The molecule has 0 aliphatic heterocycles. The fourth-order valence-electron chi connectivity index (χ4n) is 1.06. The van der Waals surface area contributed by atoms with Crippen molar-refractivity contribution < 1.29 is 10.0 Å². The second-order valence-corrected chi connectivity index (χ2v) is 3.87. The normalized spacial score (nSPS) is 13.7. The van der Waals surface area contributed by atoms with E-state index in [1.807, 2.05) is 0 Å². The van der Waals surface area contributed by atoms with Crippen LogP contribution in [0, 0.1) is 5.92 Å². The Hall–Kier alpha value is -1.26. The van der Waals surface area contributed by atoms with Gasteiger partial charge in [-0.3, -0.25) is 4.79 Å². The molecule has 5 nitrogen and oxygen atoms in total. The van der Waals surface area contributed by atoms with Crippen molar-refractivity contribution in [2.45, 2.75) is 33.1 Å². The molecule has 0 saturated carbocycles. The van der Waals surface area contributed by atoms with E-state index in [1.165, 1.54) is 0 Å². The van der Waals surface area contributed by atoms with Crippen LogP contribution >= 0.6 is 0 Å². The van der Waals surface area contributed by atoms with E-state index in [9.17, 15) is 4.79 Å². The number of carbonyl (C=O) groups excluding carboxylic acids is 1. The lowest BCUT2D eigenvalue weighted by Gasteiger charge is -2.18. The molecule has 0 aromatic carbocycles. The standard InChI is InChI=1S/C10H21N3O2/c1-4-8(2)7-10(14)13(3)6-5-9(11)12-15/h8,15H,4-7H2,1-3H3,(H2,11,12). The van der Waals surface area contributed by atoms with Crippen molar-refractivity contribution in [1.29, 1.82) is 0 Å². The van der Waals surface area contributed by atoms with Gasteiger partial charge in [-0.15, -0.1) is 0 Å². The molecule has 0 bridgehead atoms. The van der Waals surface area contributed by atoms with Gasteiger partial charge in [-0.1, -0.05) is 25.4 Å². The first-order chi connectivity index (χ1) is 7.01. The number of amidine groups is 1. The zero-order valence-electron chi connectivity index (χ0n) is 9.73. The van der Waals surface area contributed by atoms with E-state index in [1.54, 1.807) is 11.9 Å².